The summed E-state index contributed by atoms with van der Waals surface area (Å²) in [4.78, 5) is 88.1. The van der Waals surface area contributed by atoms with Gasteiger partial charge in [0.15, 0.2) is 0 Å². The number of unbranched alkanes of at least 4 members (excludes halogenated alkanes) is 7. The minimum absolute atomic E-state index is 0.000637. The molecule has 7 aliphatic heterocycles. The number of nitrogens with one attached hydrogen (secondary N) is 1. The maximum Gasteiger partial charge on any atom is 0.226 e. The highest BCUT2D eigenvalue weighted by molar-refractivity contribution is 5.83. The van der Waals surface area contributed by atoms with Gasteiger partial charge in [-0.1, -0.05) is 381 Å². The molecule has 0 aromatic rings. The van der Waals surface area contributed by atoms with Gasteiger partial charge in [-0.25, -0.2) is 0 Å². The van der Waals surface area contributed by atoms with E-state index < -0.39 is 5.60 Å². The lowest BCUT2D eigenvalue weighted by atomic mass is 9.75. The van der Waals surface area contributed by atoms with Crippen molar-refractivity contribution in [3.8, 4) is 0 Å². The number of amides is 6. The van der Waals surface area contributed by atoms with E-state index in [1.165, 1.54) is 167 Å². The Kier molecular flexibility index (Phi) is 57.6. The average Bonchev–Trinajstić information content (AvgIpc) is 0.960. The number of ether oxygens (including phenoxy) is 2. The Bertz CT molecular complexity index is 3390. The van der Waals surface area contributed by atoms with E-state index in [1.807, 2.05) is 19.6 Å². The van der Waals surface area contributed by atoms with Crippen LogP contribution in [0.3, 0.4) is 0 Å². The van der Waals surface area contributed by atoms with Crippen molar-refractivity contribution >= 4 is 35.4 Å². The van der Waals surface area contributed by atoms with Gasteiger partial charge in [0, 0.05) is 94.4 Å². The molecule has 0 aliphatic carbocycles. The Morgan fingerprint density at radius 3 is 0.750 bits per heavy atom. The van der Waals surface area contributed by atoms with Gasteiger partial charge in [0.2, 0.25) is 35.4 Å². The first-order valence-corrected chi connectivity index (χ1v) is 57.5. The SMILES string of the molecule is CC(C)(C)CCCCC(C(=O)N1CC(C)(O)C1)C(C)(C)C.CC(C)(C)CCCCC(C(=O)N1CC(O)C1)C(C)(C)C.CC(C)(C)CCCCC(C(=O)N1CCC1)C(C)(C)C.CC(C)(C)CCCCC(C(=O)N1CCCC1)C(C)(C)C.CC(C)(C)CCCCC(C(=O)N1CCOCC1)C(C)(C)C.CC(C)(C)CCCCC(C(=O)NC1COC1)C(C)(C)C.CC(C)(C)CCCCC(CN1CCCC1)C(C)(C)C. The van der Waals surface area contributed by atoms with Crippen molar-refractivity contribution in [2.24, 2.45) is 117 Å². The molecular formula is C123H241N7O10. The molecule has 0 saturated carbocycles. The van der Waals surface area contributed by atoms with Gasteiger partial charge in [0.25, 0.3) is 0 Å². The van der Waals surface area contributed by atoms with Crippen LogP contribution in [-0.4, -0.2) is 204 Å². The zero-order valence-corrected chi connectivity index (χ0v) is 101. The number of β-amino-alcohol motifs (C(OH)–C–C–N with tert-alkyl or cyclic N) is 2. The molecule has 7 saturated heterocycles. The first-order valence-electron chi connectivity index (χ1n) is 57.5. The van der Waals surface area contributed by atoms with Crippen molar-refractivity contribution in [2.75, 3.05) is 112 Å². The highest BCUT2D eigenvalue weighted by atomic mass is 16.5. The molecule has 17 heteroatoms. The zero-order chi connectivity index (χ0) is 108. The van der Waals surface area contributed by atoms with Crippen LogP contribution in [0.1, 0.15) is 510 Å². The van der Waals surface area contributed by atoms with Crippen LogP contribution >= 0.6 is 0 Å². The maximum atomic E-state index is 12.8. The number of nitrogens with zero attached hydrogens (tertiary/aromatic N) is 6. The molecule has 828 valence electrons. The summed E-state index contributed by atoms with van der Waals surface area (Å²) in [6.07, 6.45) is 39.2. The van der Waals surface area contributed by atoms with E-state index in [0.717, 1.165) is 109 Å². The number of carbonyl (C=O) groups is 6. The van der Waals surface area contributed by atoms with Crippen LogP contribution < -0.4 is 5.32 Å². The summed E-state index contributed by atoms with van der Waals surface area (Å²) in [5.41, 5.74) is 2.88. The van der Waals surface area contributed by atoms with Crippen LogP contribution in [0, 0.1) is 117 Å². The van der Waals surface area contributed by atoms with Crippen LogP contribution in [0.15, 0.2) is 0 Å². The topological polar surface area (TPSA) is 193 Å². The van der Waals surface area contributed by atoms with Gasteiger partial charge in [-0.15, -0.1) is 0 Å². The predicted molar refractivity (Wildman–Crippen MR) is 599 cm³/mol. The number of aliphatic hydroxyl groups is 2. The number of rotatable bonds is 37. The van der Waals surface area contributed by atoms with Gasteiger partial charge in [-0.05, 0) is 224 Å². The molecule has 0 bridgehead atoms. The number of hydrogen-bond donors (Lipinski definition) is 3. The lowest BCUT2D eigenvalue weighted by molar-refractivity contribution is -0.160. The standard InChI is InChI=1S/2C18H35NO2.C18H35NO.C18H37N.2C17H33NO2.C17H33NO/c1-16(2,3)11-9-8-10-14(17(4,5)6)15(20)19-12-18(7,21)13-19;1-17(2,3)10-8-7-9-15(18(4,5)6)16(20)19-11-13-21-14-12-19;1-17(2,3)12-8-7-11-15(18(4,5)6)16(20)19-13-9-10-14-19;1-17(2,3)12-8-7-11-16(18(4,5)6)15-19-13-9-10-14-19;1-16(2,3)10-8-7-9-14(17(4,5)6)15(19)18-13-11-20-12-13;1-16(2,3)10-8-7-9-14(17(4,5)6)15(20)18-11-13(19)12-18;1-16(2,3)11-8-7-10-14(17(4,5)6)15(19)18-12-9-13-18/h14,21H,8-13H2,1-7H3;15H,7-14H2,1-6H3;15H,7-14H2,1-6H3;16H,7-15H2,1-6H3;13-14H,7-12H2,1-6H3,(H,18,19);13-14,19H,7-12H2,1-6H3;14H,7-13H2,1-6H3. The largest absolute Gasteiger partial charge is 0.389 e. The van der Waals surface area contributed by atoms with E-state index in [1.54, 1.807) is 6.92 Å². The number of morpholine rings is 1. The quantitative estimate of drug-likeness (QED) is 0.0501. The average molecular weight is 1980 g/mol. The van der Waals surface area contributed by atoms with Crippen molar-refractivity contribution in [1.29, 1.82) is 0 Å². The Morgan fingerprint density at radius 1 is 0.293 bits per heavy atom. The highest BCUT2D eigenvalue weighted by Gasteiger charge is 2.46. The summed E-state index contributed by atoms with van der Waals surface area (Å²) in [6, 6.07) is 0.238. The lowest BCUT2D eigenvalue weighted by Crippen LogP contribution is -2.63. The van der Waals surface area contributed by atoms with Crippen molar-refractivity contribution in [2.45, 2.75) is 527 Å². The van der Waals surface area contributed by atoms with E-state index in [0.29, 0.717) is 114 Å². The number of likely N-dealkylation sites (tertiary alicyclic amines) is 5. The van der Waals surface area contributed by atoms with Gasteiger partial charge >= 0.3 is 0 Å². The lowest BCUT2D eigenvalue weighted by Gasteiger charge is -2.47. The Hall–Kier alpha value is -3.38. The molecule has 7 unspecified atom stereocenters. The minimum atomic E-state index is -0.676. The maximum absolute atomic E-state index is 12.8. The molecule has 17 nitrogen and oxygen atoms in total. The fourth-order valence-electron chi connectivity index (χ4n) is 20.3. The highest BCUT2D eigenvalue weighted by Crippen LogP contribution is 2.43. The molecular weight excluding hydrogens is 1740 g/mol. The van der Waals surface area contributed by atoms with Crippen LogP contribution in [0.25, 0.3) is 0 Å². The Balaban J connectivity index is 0.000000817. The zero-order valence-electron chi connectivity index (χ0n) is 101. The van der Waals surface area contributed by atoms with E-state index in [9.17, 15) is 39.0 Å². The molecule has 0 aromatic heterocycles. The summed E-state index contributed by atoms with van der Waals surface area (Å²) in [5, 5.41) is 22.3. The van der Waals surface area contributed by atoms with Gasteiger partial charge in [0.1, 0.15) is 0 Å². The van der Waals surface area contributed by atoms with E-state index in [2.05, 4.69) is 306 Å². The van der Waals surface area contributed by atoms with E-state index in [4.69, 9.17) is 9.47 Å². The van der Waals surface area contributed by atoms with E-state index >= 15 is 0 Å². The summed E-state index contributed by atoms with van der Waals surface area (Å²) >= 11 is 0. The van der Waals surface area contributed by atoms with Crippen molar-refractivity contribution < 1.29 is 48.5 Å². The van der Waals surface area contributed by atoms with Crippen molar-refractivity contribution in [1.82, 2.24) is 34.7 Å². The van der Waals surface area contributed by atoms with Crippen LogP contribution in [0.2, 0.25) is 0 Å². The second kappa shape index (κ2) is 59.9. The Morgan fingerprint density at radius 2 is 0.529 bits per heavy atom. The molecule has 0 aromatic carbocycles. The third kappa shape index (κ3) is 60.9. The molecule has 7 aliphatic rings. The molecule has 140 heavy (non-hydrogen) atoms. The molecule has 7 heterocycles. The fourth-order valence-corrected chi connectivity index (χ4v) is 20.3. The molecule has 7 fully saturated rings. The number of hydrogen-bond acceptors (Lipinski definition) is 11. The van der Waals surface area contributed by atoms with Gasteiger partial charge < -0.3 is 54.4 Å². The van der Waals surface area contributed by atoms with E-state index in [-0.39, 0.29) is 97.9 Å². The summed E-state index contributed by atoms with van der Waals surface area (Å²) in [7, 11) is 0. The molecule has 0 spiro atoms. The first-order chi connectivity index (χ1) is 63.4. The third-order valence-electron chi connectivity index (χ3n) is 30.2. The van der Waals surface area contributed by atoms with Crippen molar-refractivity contribution in [3.63, 3.8) is 0 Å². The smallest absolute Gasteiger partial charge is 0.226 e. The normalized spacial score (nSPS) is 18.9. The minimum Gasteiger partial charge on any atom is -0.389 e. The fraction of sp³-hybridized carbons (Fsp3) is 0.951. The second-order valence-electron chi connectivity index (χ2n) is 61.2. The van der Waals surface area contributed by atoms with Gasteiger partial charge in [0.05, 0.1) is 57.3 Å². The van der Waals surface area contributed by atoms with Crippen LogP contribution in [-0.2, 0) is 38.2 Å². The third-order valence-corrected chi connectivity index (χ3v) is 30.2. The molecule has 6 amide bonds. The summed E-state index contributed by atoms with van der Waals surface area (Å²) < 4.78 is 10.5. The molecule has 7 rings (SSSR count). The van der Waals surface area contributed by atoms with Crippen LogP contribution in [0.4, 0.5) is 0 Å². The van der Waals surface area contributed by atoms with Gasteiger partial charge in [-0.2, -0.15) is 0 Å². The summed E-state index contributed by atoms with van der Waals surface area (Å²) in [6.45, 7) is 111. The summed E-state index contributed by atoms with van der Waals surface area (Å²) in [5.74, 6) is 3.45. The molecule has 3 N–H and O–H groups in total. The predicted octanol–water partition coefficient (Wildman–Crippen LogP) is 29.9. The Labute approximate surface area is 869 Å². The first kappa shape index (κ1) is 135. The van der Waals surface area contributed by atoms with Gasteiger partial charge in [-0.3, -0.25) is 28.8 Å². The molecule has 7 atom stereocenters. The van der Waals surface area contributed by atoms with Crippen LogP contribution in [0.5, 0.6) is 0 Å². The number of aliphatic hydroxyl groups excluding tert-OH is 1. The monoisotopic (exact) mass is 1980 g/mol. The second-order valence-corrected chi connectivity index (χ2v) is 61.2. The van der Waals surface area contributed by atoms with Crippen molar-refractivity contribution in [3.05, 3.63) is 0 Å². The number of carbonyl (C=O) groups excluding carboxylic acids is 6. The molecule has 0 radical (unpaired) electrons.